The molecular weight excluding hydrogens is 398 g/mol. The van der Waals surface area contributed by atoms with Crippen LogP contribution in [0.15, 0.2) is 39.2 Å². The van der Waals surface area contributed by atoms with Gasteiger partial charge in [0.05, 0.1) is 43.0 Å². The van der Waals surface area contributed by atoms with Crippen molar-refractivity contribution in [2.45, 2.75) is 29.7 Å². The minimum Gasteiger partial charge on any atom is -0.497 e. The second-order valence-electron chi connectivity index (χ2n) is 5.75. The Morgan fingerprint density at radius 3 is 2.82 bits per heavy atom. The highest BCUT2D eigenvalue weighted by Gasteiger charge is 2.13. The molecule has 0 radical (unpaired) electrons. The van der Waals surface area contributed by atoms with Crippen LogP contribution in [-0.4, -0.2) is 30.1 Å². The molecule has 28 heavy (non-hydrogen) atoms. The fourth-order valence-electron chi connectivity index (χ4n) is 2.43. The van der Waals surface area contributed by atoms with E-state index in [2.05, 4.69) is 15.3 Å². The summed E-state index contributed by atoms with van der Waals surface area (Å²) in [5, 5.41) is 3.39. The number of ether oxygens (including phenoxy) is 2. The lowest BCUT2D eigenvalue weighted by atomic mass is 10.1. The van der Waals surface area contributed by atoms with E-state index in [1.54, 1.807) is 50.5 Å². The quantitative estimate of drug-likeness (QED) is 0.521. The number of hydrogen-bond acceptors (Lipinski definition) is 8. The fourth-order valence-corrected chi connectivity index (χ4v) is 4.17. The Morgan fingerprint density at radius 2 is 2.11 bits per heavy atom. The minimum atomic E-state index is -0.158. The van der Waals surface area contributed by atoms with Crippen LogP contribution in [0, 0.1) is 0 Å². The Balaban J connectivity index is 1.55. The van der Waals surface area contributed by atoms with Gasteiger partial charge in [0, 0.05) is 18.1 Å². The Morgan fingerprint density at radius 1 is 1.25 bits per heavy atom. The lowest BCUT2D eigenvalue weighted by Crippen LogP contribution is -2.14. The topological polar surface area (TPSA) is 86.5 Å². The lowest BCUT2D eigenvalue weighted by molar-refractivity contribution is -0.115. The number of amides is 1. The highest BCUT2D eigenvalue weighted by Crippen LogP contribution is 2.31. The number of anilines is 1. The summed E-state index contributed by atoms with van der Waals surface area (Å²) in [4.78, 5) is 20.9. The van der Waals surface area contributed by atoms with Gasteiger partial charge in [-0.2, -0.15) is 0 Å². The summed E-state index contributed by atoms with van der Waals surface area (Å²) in [5.41, 5.74) is 0.780. The third-order valence-electron chi connectivity index (χ3n) is 3.86. The van der Waals surface area contributed by atoms with Crippen LogP contribution in [-0.2, 0) is 23.4 Å². The van der Waals surface area contributed by atoms with Crippen LogP contribution in [0.2, 0.25) is 0 Å². The Bertz CT molecular complexity index is 939. The summed E-state index contributed by atoms with van der Waals surface area (Å²) in [6, 6.07) is 5.38. The van der Waals surface area contributed by atoms with Gasteiger partial charge in [-0.15, -0.1) is 11.8 Å². The highest BCUT2D eigenvalue weighted by atomic mass is 32.2. The van der Waals surface area contributed by atoms with E-state index in [4.69, 9.17) is 13.9 Å². The van der Waals surface area contributed by atoms with Crippen LogP contribution < -0.4 is 14.8 Å². The number of aromatic nitrogens is 2. The zero-order valence-corrected chi connectivity index (χ0v) is 17.5. The van der Waals surface area contributed by atoms with Gasteiger partial charge in [-0.1, -0.05) is 24.3 Å². The average Bonchev–Trinajstić information content (AvgIpc) is 3.35. The second-order valence-corrected chi connectivity index (χ2v) is 8.06. The maximum Gasteiger partial charge on any atom is 0.230 e. The van der Waals surface area contributed by atoms with Crippen molar-refractivity contribution in [2.24, 2.45) is 0 Å². The highest BCUT2D eigenvalue weighted by molar-refractivity contribution is 8.00. The zero-order chi connectivity index (χ0) is 19.9. The number of oxazole rings is 1. The first-order chi connectivity index (χ1) is 13.6. The number of hydrogen-bond donors (Lipinski definition) is 1. The molecule has 2 heterocycles. The van der Waals surface area contributed by atoms with Gasteiger partial charge in [0.25, 0.3) is 0 Å². The van der Waals surface area contributed by atoms with Gasteiger partial charge < -0.3 is 19.2 Å². The van der Waals surface area contributed by atoms with Crippen LogP contribution in [0.5, 0.6) is 11.5 Å². The van der Waals surface area contributed by atoms with Gasteiger partial charge in [0.1, 0.15) is 17.3 Å². The van der Waals surface area contributed by atoms with Gasteiger partial charge >= 0.3 is 0 Å². The first-order valence-electron chi connectivity index (χ1n) is 8.64. The van der Waals surface area contributed by atoms with Crippen LogP contribution >= 0.6 is 23.1 Å². The SMILES string of the molecule is CCc1cnc(CSc2cnc(NC(=O)Cc3ccc(OC)cc3OC)s2)o1. The molecule has 1 aromatic carbocycles. The molecule has 0 aliphatic rings. The Labute approximate surface area is 171 Å². The number of carbonyl (C=O) groups is 1. The molecule has 7 nitrogen and oxygen atoms in total. The lowest BCUT2D eigenvalue weighted by Gasteiger charge is -2.10. The first kappa shape index (κ1) is 20.2. The van der Waals surface area contributed by atoms with Crippen molar-refractivity contribution in [3.05, 3.63) is 47.8 Å². The van der Waals surface area contributed by atoms with E-state index < -0.39 is 0 Å². The van der Waals surface area contributed by atoms with E-state index in [0.717, 1.165) is 22.0 Å². The molecule has 0 saturated carbocycles. The number of rotatable bonds is 9. The summed E-state index contributed by atoms with van der Waals surface area (Å²) in [6.45, 7) is 2.02. The molecule has 0 aliphatic heterocycles. The molecule has 9 heteroatoms. The van der Waals surface area contributed by atoms with E-state index in [0.29, 0.717) is 28.3 Å². The van der Waals surface area contributed by atoms with E-state index in [-0.39, 0.29) is 12.3 Å². The number of thiazole rings is 1. The van der Waals surface area contributed by atoms with Gasteiger partial charge in [0.2, 0.25) is 11.8 Å². The molecule has 2 aromatic heterocycles. The van der Waals surface area contributed by atoms with Gasteiger partial charge in [0.15, 0.2) is 5.13 Å². The predicted octanol–water partition coefficient (Wildman–Crippen LogP) is 4.18. The zero-order valence-electron chi connectivity index (χ0n) is 15.9. The molecule has 0 saturated heterocycles. The Kier molecular flexibility index (Phi) is 6.94. The van der Waals surface area contributed by atoms with Crippen molar-refractivity contribution in [2.75, 3.05) is 19.5 Å². The van der Waals surface area contributed by atoms with Crippen molar-refractivity contribution in [3.8, 4) is 11.5 Å². The molecular formula is C19H21N3O4S2. The van der Waals surface area contributed by atoms with Crippen molar-refractivity contribution in [1.82, 2.24) is 9.97 Å². The predicted molar refractivity (Wildman–Crippen MR) is 109 cm³/mol. The molecule has 148 valence electrons. The summed E-state index contributed by atoms with van der Waals surface area (Å²) in [7, 11) is 3.15. The van der Waals surface area contributed by atoms with Gasteiger partial charge in [-0.3, -0.25) is 4.79 Å². The molecule has 3 rings (SSSR count). The van der Waals surface area contributed by atoms with Crippen molar-refractivity contribution in [1.29, 1.82) is 0 Å². The van der Waals surface area contributed by atoms with Gasteiger partial charge in [-0.25, -0.2) is 9.97 Å². The molecule has 0 aliphatic carbocycles. The molecule has 0 atom stereocenters. The van der Waals surface area contributed by atoms with Crippen LogP contribution in [0.3, 0.4) is 0 Å². The molecule has 1 amide bonds. The number of benzene rings is 1. The summed E-state index contributed by atoms with van der Waals surface area (Å²) in [5.74, 6) is 3.32. The molecule has 3 aromatic rings. The summed E-state index contributed by atoms with van der Waals surface area (Å²) < 4.78 is 17.1. The smallest absolute Gasteiger partial charge is 0.230 e. The molecule has 0 fully saturated rings. The maximum absolute atomic E-state index is 12.4. The molecule has 0 unspecified atom stereocenters. The third-order valence-corrected chi connectivity index (χ3v) is 5.96. The number of nitrogens with one attached hydrogen (secondary N) is 1. The van der Waals surface area contributed by atoms with Gasteiger partial charge in [-0.05, 0) is 6.07 Å². The number of nitrogens with zero attached hydrogens (tertiary/aromatic N) is 2. The largest absolute Gasteiger partial charge is 0.497 e. The van der Waals surface area contributed by atoms with Crippen LogP contribution in [0.4, 0.5) is 5.13 Å². The summed E-state index contributed by atoms with van der Waals surface area (Å²) in [6.07, 6.45) is 4.50. The number of thioether (sulfide) groups is 1. The van der Waals surface area contributed by atoms with Crippen molar-refractivity contribution < 1.29 is 18.7 Å². The first-order valence-corrected chi connectivity index (χ1v) is 10.4. The average molecular weight is 420 g/mol. The maximum atomic E-state index is 12.4. The minimum absolute atomic E-state index is 0.158. The molecule has 0 spiro atoms. The van der Waals surface area contributed by atoms with Crippen LogP contribution in [0.25, 0.3) is 0 Å². The van der Waals surface area contributed by atoms with Crippen molar-refractivity contribution >= 4 is 34.1 Å². The summed E-state index contributed by atoms with van der Waals surface area (Å²) >= 11 is 2.99. The van der Waals surface area contributed by atoms with E-state index in [9.17, 15) is 4.79 Å². The fraction of sp³-hybridized carbons (Fsp3) is 0.316. The normalized spacial score (nSPS) is 10.7. The van der Waals surface area contributed by atoms with Crippen LogP contribution in [0.1, 0.15) is 24.1 Å². The van der Waals surface area contributed by atoms with E-state index >= 15 is 0 Å². The molecule has 0 bridgehead atoms. The monoisotopic (exact) mass is 419 g/mol. The number of carbonyl (C=O) groups excluding carboxylic acids is 1. The third kappa shape index (κ3) is 5.26. The molecule has 1 N–H and O–H groups in total. The van der Waals surface area contributed by atoms with E-state index in [1.165, 1.54) is 11.3 Å². The number of methoxy groups -OCH3 is 2. The standard InChI is InChI=1S/C19H21N3O4S2/c1-4-13-9-20-17(26-13)11-27-18-10-21-19(28-18)22-16(23)7-12-5-6-14(24-2)8-15(12)25-3/h5-6,8-10H,4,7,11H2,1-3H3,(H,21,22,23). The van der Waals surface area contributed by atoms with Crippen molar-refractivity contribution in [3.63, 3.8) is 0 Å². The number of aryl methyl sites for hydroxylation is 1. The Hall–Kier alpha value is -2.52. The van der Waals surface area contributed by atoms with E-state index in [1.807, 2.05) is 13.0 Å². The second kappa shape index (κ2) is 9.61.